The van der Waals surface area contributed by atoms with E-state index in [9.17, 15) is 22.8 Å². The number of carboxylic acid groups (broad SMARTS) is 1. The lowest BCUT2D eigenvalue weighted by Crippen LogP contribution is -2.48. The number of piperidine rings is 1. The van der Waals surface area contributed by atoms with Gasteiger partial charge in [0.05, 0.1) is 11.6 Å². The van der Waals surface area contributed by atoms with Gasteiger partial charge in [-0.25, -0.2) is 4.79 Å². The second-order valence-electron chi connectivity index (χ2n) is 8.32. The molecule has 13 heteroatoms. The molecule has 4 rings (SSSR count). The van der Waals surface area contributed by atoms with Gasteiger partial charge < -0.3 is 14.9 Å². The van der Waals surface area contributed by atoms with Gasteiger partial charge in [-0.1, -0.05) is 0 Å². The number of hydrogen-bond donors (Lipinski definition) is 1. The molecule has 0 radical (unpaired) electrons. The molecule has 1 N–H and O–H groups in total. The van der Waals surface area contributed by atoms with Crippen LogP contribution in [0.1, 0.15) is 48.4 Å². The second kappa shape index (κ2) is 10.4. The smallest absolute Gasteiger partial charge is 0.475 e. The van der Waals surface area contributed by atoms with Crippen LogP contribution in [0.15, 0.2) is 18.3 Å². The first-order valence-corrected chi connectivity index (χ1v) is 10.9. The van der Waals surface area contributed by atoms with E-state index in [4.69, 9.17) is 9.90 Å². The van der Waals surface area contributed by atoms with Gasteiger partial charge in [0.15, 0.2) is 11.5 Å². The number of aromatic nitrogens is 3. The summed E-state index contributed by atoms with van der Waals surface area (Å²) in [5.74, 6) is -1.85. The van der Waals surface area contributed by atoms with E-state index in [0.29, 0.717) is 17.8 Å². The van der Waals surface area contributed by atoms with Crippen molar-refractivity contribution in [3.8, 4) is 0 Å². The Morgan fingerprint density at radius 1 is 1.00 bits per heavy atom. The number of carboxylic acids is 1. The van der Waals surface area contributed by atoms with E-state index in [0.717, 1.165) is 44.8 Å². The summed E-state index contributed by atoms with van der Waals surface area (Å²) < 4.78 is 33.6. The maximum absolute atomic E-state index is 12.9. The number of likely N-dealkylation sites (N-methyl/N-ethyl adjacent to an activating group) is 1. The van der Waals surface area contributed by atoms with Gasteiger partial charge in [0, 0.05) is 45.8 Å². The fraction of sp³-hybridized carbons (Fsp3) is 0.571. The fourth-order valence-corrected chi connectivity index (χ4v) is 3.98. The molecule has 2 aromatic heterocycles. The van der Waals surface area contributed by atoms with Gasteiger partial charge in [-0.15, -0.1) is 10.2 Å². The highest BCUT2D eigenvalue weighted by molar-refractivity contribution is 5.94. The molecular formula is C21H27F3N6O4. The highest BCUT2D eigenvalue weighted by Gasteiger charge is 2.38. The van der Waals surface area contributed by atoms with Crippen molar-refractivity contribution in [2.45, 2.75) is 38.4 Å². The van der Waals surface area contributed by atoms with Crippen LogP contribution >= 0.6 is 0 Å². The summed E-state index contributed by atoms with van der Waals surface area (Å²) >= 11 is 0. The van der Waals surface area contributed by atoms with Gasteiger partial charge in [0.2, 0.25) is 5.91 Å². The number of aliphatic carboxylic acids is 1. The lowest BCUT2D eigenvalue weighted by Gasteiger charge is -2.38. The van der Waals surface area contributed by atoms with Gasteiger partial charge in [-0.3, -0.25) is 18.9 Å². The number of carbonyl (C=O) groups excluding carboxylic acids is 2. The van der Waals surface area contributed by atoms with E-state index in [1.165, 1.54) is 6.42 Å². The van der Waals surface area contributed by atoms with Crippen molar-refractivity contribution in [3.05, 3.63) is 29.7 Å². The minimum atomic E-state index is -5.08. The van der Waals surface area contributed by atoms with E-state index in [-0.39, 0.29) is 17.9 Å². The predicted octanol–water partition coefficient (Wildman–Crippen LogP) is 1.82. The van der Waals surface area contributed by atoms with Crippen LogP contribution < -0.4 is 0 Å². The van der Waals surface area contributed by atoms with Crippen LogP contribution in [0.25, 0.3) is 5.65 Å². The Bertz CT molecular complexity index is 1050. The first-order chi connectivity index (χ1) is 16.0. The molecule has 2 aromatic rings. The Balaban J connectivity index is 0.000000406. The lowest BCUT2D eigenvalue weighted by atomic mass is 10.1. The Kier molecular flexibility index (Phi) is 7.75. The van der Waals surface area contributed by atoms with E-state index < -0.39 is 12.1 Å². The first kappa shape index (κ1) is 25.4. The third-order valence-electron chi connectivity index (χ3n) is 5.95. The zero-order valence-corrected chi connectivity index (χ0v) is 19.0. The Hall–Kier alpha value is -3.22. The molecule has 2 aliphatic heterocycles. The standard InChI is InChI=1S/C19H26N6O2.C2HF3O2/c1-14(26)24-11-10-22(2)16(13-24)18-21-20-17-7-6-15(12-25(17)18)19(27)23-8-4-3-5-9-23;3-2(4,5)1(6)7/h6-7,12,16H,3-5,8-11,13H2,1-2H3;(H,6,7). The van der Waals surface area contributed by atoms with Crippen LogP contribution in [0.3, 0.4) is 0 Å². The number of rotatable bonds is 2. The van der Waals surface area contributed by atoms with Crippen molar-refractivity contribution in [1.82, 2.24) is 29.3 Å². The summed E-state index contributed by atoms with van der Waals surface area (Å²) in [7, 11) is 2.03. The van der Waals surface area contributed by atoms with Crippen molar-refractivity contribution in [2.24, 2.45) is 0 Å². The molecule has 10 nitrogen and oxygen atoms in total. The molecule has 0 bridgehead atoms. The molecule has 4 heterocycles. The largest absolute Gasteiger partial charge is 0.490 e. The number of halogens is 3. The summed E-state index contributed by atoms with van der Waals surface area (Å²) in [5, 5.41) is 15.8. The summed E-state index contributed by atoms with van der Waals surface area (Å²) in [6.07, 6.45) is 0.0977. The van der Waals surface area contributed by atoms with Crippen molar-refractivity contribution in [1.29, 1.82) is 0 Å². The highest BCUT2D eigenvalue weighted by atomic mass is 19.4. The molecule has 0 aliphatic carbocycles. The molecule has 2 aliphatic rings. The second-order valence-corrected chi connectivity index (χ2v) is 8.32. The minimum Gasteiger partial charge on any atom is -0.475 e. The molecular weight excluding hydrogens is 457 g/mol. The average Bonchev–Trinajstić information content (AvgIpc) is 3.22. The predicted molar refractivity (Wildman–Crippen MR) is 114 cm³/mol. The van der Waals surface area contributed by atoms with Crippen molar-refractivity contribution >= 4 is 23.4 Å². The minimum absolute atomic E-state index is 0.0435. The fourth-order valence-electron chi connectivity index (χ4n) is 3.98. The summed E-state index contributed by atoms with van der Waals surface area (Å²) in [6.45, 7) is 5.33. The molecule has 1 unspecified atom stereocenters. The Labute approximate surface area is 193 Å². The van der Waals surface area contributed by atoms with Crippen molar-refractivity contribution < 1.29 is 32.7 Å². The number of fused-ring (bicyclic) bond motifs is 1. The third kappa shape index (κ3) is 5.82. The molecule has 0 aromatic carbocycles. The average molecular weight is 484 g/mol. The van der Waals surface area contributed by atoms with Gasteiger partial charge in [-0.05, 0) is 38.4 Å². The molecule has 0 saturated carbocycles. The number of likely N-dealkylation sites (tertiary alicyclic amines) is 1. The lowest BCUT2D eigenvalue weighted by molar-refractivity contribution is -0.192. The molecule has 186 valence electrons. The number of amides is 2. The maximum atomic E-state index is 12.9. The van der Waals surface area contributed by atoms with E-state index >= 15 is 0 Å². The maximum Gasteiger partial charge on any atom is 0.490 e. The Morgan fingerprint density at radius 3 is 2.24 bits per heavy atom. The SMILES string of the molecule is CC(=O)N1CCN(C)C(c2nnc3ccc(C(=O)N4CCCCC4)cn23)C1.O=C(O)C(F)(F)F. The number of pyridine rings is 1. The van der Waals surface area contributed by atoms with E-state index in [2.05, 4.69) is 15.1 Å². The number of nitrogens with zero attached hydrogens (tertiary/aromatic N) is 6. The van der Waals surface area contributed by atoms with Gasteiger partial charge in [-0.2, -0.15) is 13.2 Å². The van der Waals surface area contributed by atoms with Crippen molar-refractivity contribution in [2.75, 3.05) is 39.8 Å². The number of hydrogen-bond acceptors (Lipinski definition) is 6. The van der Waals surface area contributed by atoms with E-state index in [1.807, 2.05) is 39.6 Å². The number of carbonyl (C=O) groups is 3. The normalized spacial score (nSPS) is 19.5. The topological polar surface area (TPSA) is 111 Å². The Morgan fingerprint density at radius 2 is 1.65 bits per heavy atom. The zero-order chi connectivity index (χ0) is 25.0. The highest BCUT2D eigenvalue weighted by Crippen LogP contribution is 2.24. The first-order valence-electron chi connectivity index (χ1n) is 10.9. The van der Waals surface area contributed by atoms with Crippen LogP contribution in [-0.2, 0) is 9.59 Å². The number of piperazine rings is 1. The third-order valence-corrected chi connectivity index (χ3v) is 5.95. The van der Waals surface area contributed by atoms with Crippen LogP contribution in [-0.4, -0.2) is 98.1 Å². The van der Waals surface area contributed by atoms with Crippen LogP contribution in [0.4, 0.5) is 13.2 Å². The molecule has 2 fully saturated rings. The van der Waals surface area contributed by atoms with E-state index in [1.54, 1.807) is 6.92 Å². The summed E-state index contributed by atoms with van der Waals surface area (Å²) in [4.78, 5) is 39.5. The quantitative estimate of drug-likeness (QED) is 0.692. The summed E-state index contributed by atoms with van der Waals surface area (Å²) in [5.41, 5.74) is 1.38. The van der Waals surface area contributed by atoms with Gasteiger partial charge >= 0.3 is 12.1 Å². The van der Waals surface area contributed by atoms with Gasteiger partial charge in [0.25, 0.3) is 5.91 Å². The number of alkyl halides is 3. The van der Waals surface area contributed by atoms with Gasteiger partial charge in [0.1, 0.15) is 0 Å². The van der Waals surface area contributed by atoms with Crippen LogP contribution in [0.5, 0.6) is 0 Å². The molecule has 2 amide bonds. The molecule has 0 spiro atoms. The van der Waals surface area contributed by atoms with Crippen LogP contribution in [0.2, 0.25) is 0 Å². The van der Waals surface area contributed by atoms with Crippen LogP contribution in [0, 0.1) is 0 Å². The molecule has 34 heavy (non-hydrogen) atoms. The zero-order valence-electron chi connectivity index (χ0n) is 19.0. The molecule has 1 atom stereocenters. The van der Waals surface area contributed by atoms with Crippen molar-refractivity contribution in [3.63, 3.8) is 0 Å². The molecule has 2 saturated heterocycles. The monoisotopic (exact) mass is 484 g/mol. The summed E-state index contributed by atoms with van der Waals surface area (Å²) in [6, 6.07) is 3.63.